The van der Waals surface area contributed by atoms with E-state index in [9.17, 15) is 4.79 Å². The zero-order valence-electron chi connectivity index (χ0n) is 12.3. The van der Waals surface area contributed by atoms with Gasteiger partial charge in [0.05, 0.1) is 25.3 Å². The third-order valence-electron chi connectivity index (χ3n) is 3.11. The van der Waals surface area contributed by atoms with Gasteiger partial charge in [-0.25, -0.2) is 0 Å². The van der Waals surface area contributed by atoms with Crippen molar-refractivity contribution in [1.82, 2.24) is 5.32 Å². The highest BCUT2D eigenvalue weighted by atomic mass is 16.5. The van der Waals surface area contributed by atoms with Gasteiger partial charge in [0.1, 0.15) is 5.75 Å². The Hall–Kier alpha value is -3.00. The summed E-state index contributed by atoms with van der Waals surface area (Å²) in [6.45, 7) is 0.548. The second kappa shape index (κ2) is 7.70. The molecule has 0 bridgehead atoms. The highest BCUT2D eigenvalue weighted by Gasteiger charge is 2.05. The van der Waals surface area contributed by atoms with Gasteiger partial charge in [0.2, 0.25) is 5.91 Å². The quantitative estimate of drug-likeness (QED) is 0.857. The minimum absolute atomic E-state index is 0.131. The zero-order valence-corrected chi connectivity index (χ0v) is 12.3. The number of para-hydroxylation sites is 1. The number of carbonyl (C=O) groups excluding carboxylic acids is 1. The number of anilines is 1. The van der Waals surface area contributed by atoms with Crippen molar-refractivity contribution in [2.45, 2.75) is 6.54 Å². The monoisotopic (exact) mass is 295 g/mol. The molecule has 2 rings (SSSR count). The lowest BCUT2D eigenvalue weighted by Crippen LogP contribution is -2.29. The summed E-state index contributed by atoms with van der Waals surface area (Å²) in [7, 11) is 1.60. The Morgan fingerprint density at radius 2 is 2.05 bits per heavy atom. The Balaban J connectivity index is 1.84. The van der Waals surface area contributed by atoms with E-state index in [1.165, 1.54) is 0 Å². The predicted octanol–water partition coefficient (Wildman–Crippen LogP) is 2.30. The number of nitriles is 1. The smallest absolute Gasteiger partial charge is 0.239 e. The van der Waals surface area contributed by atoms with Crippen LogP contribution in [0.15, 0.2) is 48.5 Å². The van der Waals surface area contributed by atoms with Gasteiger partial charge in [0, 0.05) is 17.8 Å². The maximum atomic E-state index is 11.9. The van der Waals surface area contributed by atoms with E-state index in [1.807, 2.05) is 30.3 Å². The van der Waals surface area contributed by atoms with Crippen LogP contribution in [0.1, 0.15) is 11.1 Å². The number of carbonyl (C=O) groups is 1. The van der Waals surface area contributed by atoms with Crippen LogP contribution in [0.2, 0.25) is 0 Å². The Bertz CT molecular complexity index is 692. The van der Waals surface area contributed by atoms with E-state index in [0.29, 0.717) is 12.1 Å². The van der Waals surface area contributed by atoms with Gasteiger partial charge in [0.25, 0.3) is 0 Å². The molecule has 0 aromatic heterocycles. The van der Waals surface area contributed by atoms with Crippen LogP contribution in [0, 0.1) is 11.3 Å². The molecule has 0 aliphatic rings. The van der Waals surface area contributed by atoms with Crippen LogP contribution < -0.4 is 15.4 Å². The first-order valence-electron chi connectivity index (χ1n) is 6.85. The number of benzene rings is 2. The summed E-state index contributed by atoms with van der Waals surface area (Å²) >= 11 is 0. The number of nitrogens with one attached hydrogen (secondary N) is 2. The second-order valence-corrected chi connectivity index (χ2v) is 4.63. The number of hydrogen-bond donors (Lipinski definition) is 2. The third-order valence-corrected chi connectivity index (χ3v) is 3.11. The number of rotatable bonds is 6. The molecular formula is C17H17N3O2. The van der Waals surface area contributed by atoms with E-state index in [0.717, 1.165) is 17.0 Å². The standard InChI is InChI=1S/C17H17N3O2/c1-22-16-8-3-2-6-14(16)11-20-17(21)12-19-15-7-4-5-13(9-15)10-18/h2-9,19H,11-12H2,1H3,(H,20,21). The van der Waals surface area contributed by atoms with E-state index < -0.39 is 0 Å². The largest absolute Gasteiger partial charge is 0.496 e. The molecule has 0 atom stereocenters. The molecule has 0 spiro atoms. The SMILES string of the molecule is COc1ccccc1CNC(=O)CNc1cccc(C#N)c1. The molecule has 2 N–H and O–H groups in total. The van der Waals surface area contributed by atoms with Crippen LogP contribution >= 0.6 is 0 Å². The van der Waals surface area contributed by atoms with Gasteiger partial charge in [0.15, 0.2) is 0 Å². The molecule has 0 heterocycles. The average molecular weight is 295 g/mol. The van der Waals surface area contributed by atoms with Crippen molar-refractivity contribution in [1.29, 1.82) is 5.26 Å². The number of ether oxygens (including phenoxy) is 1. The summed E-state index contributed by atoms with van der Waals surface area (Å²) in [6, 6.07) is 16.6. The molecule has 5 heteroatoms. The fraction of sp³-hybridized carbons (Fsp3) is 0.176. The number of nitrogens with zero attached hydrogens (tertiary/aromatic N) is 1. The van der Waals surface area contributed by atoms with Gasteiger partial charge < -0.3 is 15.4 Å². The first-order chi connectivity index (χ1) is 10.7. The molecule has 2 aromatic rings. The van der Waals surface area contributed by atoms with Crippen LogP contribution in [0.5, 0.6) is 5.75 Å². The van der Waals surface area contributed by atoms with Gasteiger partial charge >= 0.3 is 0 Å². The molecule has 2 aromatic carbocycles. The summed E-state index contributed by atoms with van der Waals surface area (Å²) in [5.41, 5.74) is 2.22. The highest BCUT2D eigenvalue weighted by molar-refractivity contribution is 5.80. The lowest BCUT2D eigenvalue weighted by atomic mass is 10.2. The summed E-state index contributed by atoms with van der Waals surface area (Å²) in [6.07, 6.45) is 0. The van der Waals surface area contributed by atoms with E-state index in [-0.39, 0.29) is 12.5 Å². The summed E-state index contributed by atoms with van der Waals surface area (Å²) < 4.78 is 5.23. The predicted molar refractivity (Wildman–Crippen MR) is 84.5 cm³/mol. The number of amides is 1. The molecule has 1 amide bonds. The summed E-state index contributed by atoms with van der Waals surface area (Å²) in [5.74, 6) is 0.616. The Morgan fingerprint density at radius 1 is 1.23 bits per heavy atom. The number of methoxy groups -OCH3 is 1. The first-order valence-corrected chi connectivity index (χ1v) is 6.85. The average Bonchev–Trinajstić information content (AvgIpc) is 2.58. The van der Waals surface area contributed by atoms with Gasteiger partial charge in [-0.3, -0.25) is 4.79 Å². The maximum absolute atomic E-state index is 11.9. The Labute approximate surface area is 129 Å². The fourth-order valence-electron chi connectivity index (χ4n) is 1.99. The van der Waals surface area contributed by atoms with E-state index in [4.69, 9.17) is 10.00 Å². The van der Waals surface area contributed by atoms with Crippen molar-refractivity contribution in [3.63, 3.8) is 0 Å². The van der Waals surface area contributed by atoms with E-state index in [1.54, 1.807) is 25.3 Å². The van der Waals surface area contributed by atoms with Crippen molar-refractivity contribution >= 4 is 11.6 Å². The molecule has 0 unspecified atom stereocenters. The van der Waals surface area contributed by atoms with Crippen molar-refractivity contribution < 1.29 is 9.53 Å². The first kappa shape index (κ1) is 15.4. The topological polar surface area (TPSA) is 74.2 Å². The van der Waals surface area contributed by atoms with Crippen LogP contribution in [0.3, 0.4) is 0 Å². The summed E-state index contributed by atoms with van der Waals surface area (Å²) in [5, 5.41) is 14.6. The van der Waals surface area contributed by atoms with Crippen LogP contribution in [-0.2, 0) is 11.3 Å². The molecule has 5 nitrogen and oxygen atoms in total. The van der Waals surface area contributed by atoms with Crippen LogP contribution in [-0.4, -0.2) is 19.6 Å². The van der Waals surface area contributed by atoms with E-state index in [2.05, 4.69) is 16.7 Å². The summed E-state index contributed by atoms with van der Waals surface area (Å²) in [4.78, 5) is 11.9. The molecule has 0 fully saturated rings. The van der Waals surface area contributed by atoms with Gasteiger partial charge in [-0.05, 0) is 24.3 Å². The van der Waals surface area contributed by atoms with Crippen molar-refractivity contribution in [2.24, 2.45) is 0 Å². The molecule has 112 valence electrons. The second-order valence-electron chi connectivity index (χ2n) is 4.63. The normalized spacial score (nSPS) is 9.64. The molecular weight excluding hydrogens is 278 g/mol. The molecule has 0 aliphatic carbocycles. The minimum atomic E-state index is -0.131. The van der Waals surface area contributed by atoms with Crippen molar-refractivity contribution in [3.8, 4) is 11.8 Å². The number of hydrogen-bond acceptors (Lipinski definition) is 4. The fourth-order valence-corrected chi connectivity index (χ4v) is 1.99. The Morgan fingerprint density at radius 3 is 2.82 bits per heavy atom. The molecule has 22 heavy (non-hydrogen) atoms. The third kappa shape index (κ3) is 4.25. The Kier molecular flexibility index (Phi) is 5.38. The van der Waals surface area contributed by atoms with Crippen molar-refractivity contribution in [3.05, 3.63) is 59.7 Å². The van der Waals surface area contributed by atoms with Gasteiger partial charge in [-0.2, -0.15) is 5.26 Å². The minimum Gasteiger partial charge on any atom is -0.496 e. The lowest BCUT2D eigenvalue weighted by Gasteiger charge is -2.10. The maximum Gasteiger partial charge on any atom is 0.239 e. The highest BCUT2D eigenvalue weighted by Crippen LogP contribution is 2.16. The van der Waals surface area contributed by atoms with Crippen LogP contribution in [0.4, 0.5) is 5.69 Å². The van der Waals surface area contributed by atoms with Crippen LogP contribution in [0.25, 0.3) is 0 Å². The molecule has 0 aliphatic heterocycles. The molecule has 0 saturated heterocycles. The molecule has 0 saturated carbocycles. The van der Waals surface area contributed by atoms with Gasteiger partial charge in [-0.1, -0.05) is 24.3 Å². The molecule has 0 radical (unpaired) electrons. The van der Waals surface area contributed by atoms with E-state index >= 15 is 0 Å². The lowest BCUT2D eigenvalue weighted by molar-refractivity contribution is -0.119. The van der Waals surface area contributed by atoms with Gasteiger partial charge in [-0.15, -0.1) is 0 Å². The van der Waals surface area contributed by atoms with Crippen molar-refractivity contribution in [2.75, 3.05) is 19.0 Å². The zero-order chi connectivity index (χ0) is 15.8.